The van der Waals surface area contributed by atoms with Crippen LogP contribution in [-0.4, -0.2) is 26.3 Å². The van der Waals surface area contributed by atoms with Crippen LogP contribution in [0.1, 0.15) is 18.1 Å². The Morgan fingerprint density at radius 2 is 1.87 bits per heavy atom. The van der Waals surface area contributed by atoms with Gasteiger partial charge in [-0.25, -0.2) is 9.36 Å². The fourth-order valence-electron chi connectivity index (χ4n) is 2.07. The molecule has 6 N–H and O–H groups in total. The van der Waals surface area contributed by atoms with E-state index in [-0.39, 0.29) is 17.2 Å². The third kappa shape index (κ3) is 3.12. The first-order valence-corrected chi connectivity index (χ1v) is 6.60. The van der Waals surface area contributed by atoms with Gasteiger partial charge in [0.15, 0.2) is 0 Å². The topological polar surface area (TPSA) is 152 Å². The SMILES string of the molecule is CC(=NN=C(N)N)c1c(O)n(-c2ccccc2C)c(=O)[nH]c1=O. The number of H-pyrrole nitrogens is 1. The molecule has 0 bridgehead atoms. The molecule has 0 unspecified atom stereocenters. The Balaban J connectivity index is 2.78. The number of para-hydroxylation sites is 1. The summed E-state index contributed by atoms with van der Waals surface area (Å²) in [6.45, 7) is 3.20. The molecule has 120 valence electrons. The van der Waals surface area contributed by atoms with Crippen molar-refractivity contribution < 1.29 is 5.11 Å². The van der Waals surface area contributed by atoms with Gasteiger partial charge >= 0.3 is 5.69 Å². The van der Waals surface area contributed by atoms with Crippen molar-refractivity contribution in [2.45, 2.75) is 13.8 Å². The second-order valence-electron chi connectivity index (χ2n) is 4.79. The first-order chi connectivity index (χ1) is 10.8. The summed E-state index contributed by atoms with van der Waals surface area (Å²) in [6, 6.07) is 6.91. The van der Waals surface area contributed by atoms with E-state index in [4.69, 9.17) is 11.5 Å². The number of rotatable bonds is 3. The summed E-state index contributed by atoms with van der Waals surface area (Å²) in [7, 11) is 0. The Morgan fingerprint density at radius 1 is 1.22 bits per heavy atom. The zero-order valence-electron chi connectivity index (χ0n) is 12.6. The third-order valence-corrected chi connectivity index (χ3v) is 3.12. The van der Waals surface area contributed by atoms with Crippen LogP contribution in [0.3, 0.4) is 0 Å². The van der Waals surface area contributed by atoms with Gasteiger partial charge in [0.2, 0.25) is 11.8 Å². The summed E-state index contributed by atoms with van der Waals surface area (Å²) in [5.74, 6) is -0.840. The first-order valence-electron chi connectivity index (χ1n) is 6.60. The van der Waals surface area contributed by atoms with Crippen LogP contribution < -0.4 is 22.7 Å². The van der Waals surface area contributed by atoms with Crippen molar-refractivity contribution in [3.05, 3.63) is 56.2 Å². The number of guanidine groups is 1. The van der Waals surface area contributed by atoms with E-state index >= 15 is 0 Å². The monoisotopic (exact) mass is 316 g/mol. The number of aromatic nitrogens is 2. The molecule has 2 aromatic rings. The number of nitrogens with one attached hydrogen (secondary N) is 1. The second kappa shape index (κ2) is 6.18. The van der Waals surface area contributed by atoms with Crippen LogP contribution in [0, 0.1) is 6.92 Å². The van der Waals surface area contributed by atoms with Gasteiger partial charge in [0.05, 0.1) is 11.4 Å². The number of nitrogens with zero attached hydrogens (tertiary/aromatic N) is 3. The quantitative estimate of drug-likeness (QED) is 0.343. The van der Waals surface area contributed by atoms with Crippen molar-refractivity contribution in [2.24, 2.45) is 21.7 Å². The highest BCUT2D eigenvalue weighted by atomic mass is 16.3. The molecule has 1 heterocycles. The average Bonchev–Trinajstić information content (AvgIpc) is 2.46. The van der Waals surface area contributed by atoms with Gasteiger partial charge in [-0.1, -0.05) is 18.2 Å². The maximum absolute atomic E-state index is 12.1. The maximum Gasteiger partial charge on any atom is 0.335 e. The van der Waals surface area contributed by atoms with Crippen LogP contribution in [0.25, 0.3) is 5.69 Å². The normalized spacial score (nSPS) is 11.3. The first kappa shape index (κ1) is 16.0. The Bertz CT molecular complexity index is 919. The van der Waals surface area contributed by atoms with E-state index in [1.54, 1.807) is 31.2 Å². The fourth-order valence-corrected chi connectivity index (χ4v) is 2.07. The molecule has 0 spiro atoms. The van der Waals surface area contributed by atoms with Gasteiger partial charge in [0, 0.05) is 0 Å². The molecule has 0 amide bonds. The molecule has 0 radical (unpaired) electrons. The predicted octanol–water partition coefficient (Wildman–Crippen LogP) is -0.463. The smallest absolute Gasteiger partial charge is 0.335 e. The summed E-state index contributed by atoms with van der Waals surface area (Å²) in [4.78, 5) is 26.2. The van der Waals surface area contributed by atoms with Crippen molar-refractivity contribution in [1.29, 1.82) is 0 Å². The molecule has 1 aromatic heterocycles. The fraction of sp³-hybridized carbons (Fsp3) is 0.143. The number of aromatic amines is 1. The van der Waals surface area contributed by atoms with Gasteiger partial charge < -0.3 is 16.6 Å². The predicted molar refractivity (Wildman–Crippen MR) is 87.1 cm³/mol. The number of aromatic hydroxyl groups is 1. The lowest BCUT2D eigenvalue weighted by atomic mass is 10.1. The molecule has 23 heavy (non-hydrogen) atoms. The Morgan fingerprint density at radius 3 is 2.48 bits per heavy atom. The van der Waals surface area contributed by atoms with E-state index in [9.17, 15) is 14.7 Å². The molecule has 0 aliphatic carbocycles. The van der Waals surface area contributed by atoms with E-state index in [2.05, 4.69) is 15.2 Å². The Kier molecular flexibility index (Phi) is 4.30. The minimum absolute atomic E-state index is 0.0551. The highest BCUT2D eigenvalue weighted by Crippen LogP contribution is 2.19. The Labute approximate surface area is 130 Å². The molecule has 1 aromatic carbocycles. The standard InChI is InChI=1S/C14H16N6O3/c1-7-5-3-4-6-9(7)20-12(22)10(11(21)17-14(20)23)8(2)18-19-13(15)16/h3-6,22H,1-2H3,(H4,15,16,19)(H,17,21,23). The molecule has 9 heteroatoms. The lowest BCUT2D eigenvalue weighted by Crippen LogP contribution is -2.33. The largest absolute Gasteiger partial charge is 0.493 e. The molecule has 0 saturated carbocycles. The molecule has 0 aliphatic rings. The van der Waals surface area contributed by atoms with Crippen LogP contribution in [0.15, 0.2) is 44.1 Å². The summed E-state index contributed by atoms with van der Waals surface area (Å²) in [6.07, 6.45) is 0. The minimum atomic E-state index is -0.788. The second-order valence-corrected chi connectivity index (χ2v) is 4.79. The van der Waals surface area contributed by atoms with E-state index in [1.165, 1.54) is 6.92 Å². The molecule has 9 nitrogen and oxygen atoms in total. The van der Waals surface area contributed by atoms with E-state index in [0.717, 1.165) is 10.1 Å². The molecule has 2 rings (SSSR count). The summed E-state index contributed by atoms with van der Waals surface area (Å²) < 4.78 is 0.987. The van der Waals surface area contributed by atoms with E-state index < -0.39 is 17.1 Å². The number of hydrogen-bond donors (Lipinski definition) is 4. The van der Waals surface area contributed by atoms with Crippen molar-refractivity contribution in [1.82, 2.24) is 9.55 Å². The molecule has 0 saturated heterocycles. The van der Waals surface area contributed by atoms with Gasteiger partial charge in [-0.05, 0) is 25.5 Å². The lowest BCUT2D eigenvalue weighted by Gasteiger charge is -2.12. The van der Waals surface area contributed by atoms with Gasteiger partial charge in [-0.15, -0.1) is 5.10 Å². The number of aryl methyl sites for hydroxylation is 1. The van der Waals surface area contributed by atoms with Crippen LogP contribution in [-0.2, 0) is 0 Å². The number of nitrogens with two attached hydrogens (primary N) is 2. The van der Waals surface area contributed by atoms with Crippen molar-refractivity contribution >= 4 is 11.7 Å². The number of hydrogen-bond acceptors (Lipinski definition) is 5. The van der Waals surface area contributed by atoms with Crippen LogP contribution in [0.2, 0.25) is 0 Å². The van der Waals surface area contributed by atoms with Crippen molar-refractivity contribution in [3.8, 4) is 11.6 Å². The van der Waals surface area contributed by atoms with Gasteiger partial charge in [-0.3, -0.25) is 9.78 Å². The van der Waals surface area contributed by atoms with Crippen molar-refractivity contribution in [3.63, 3.8) is 0 Å². The average molecular weight is 316 g/mol. The summed E-state index contributed by atoms with van der Waals surface area (Å²) >= 11 is 0. The molecular weight excluding hydrogens is 300 g/mol. The lowest BCUT2D eigenvalue weighted by molar-refractivity contribution is 0.429. The zero-order valence-corrected chi connectivity index (χ0v) is 12.6. The van der Waals surface area contributed by atoms with Crippen LogP contribution in [0.5, 0.6) is 5.88 Å². The molecule has 0 atom stereocenters. The van der Waals surface area contributed by atoms with Gasteiger partial charge in [0.25, 0.3) is 5.56 Å². The maximum atomic E-state index is 12.1. The highest BCUT2D eigenvalue weighted by Gasteiger charge is 2.18. The summed E-state index contributed by atoms with van der Waals surface area (Å²) in [5.41, 5.74) is 9.83. The minimum Gasteiger partial charge on any atom is -0.493 e. The molecular formula is C14H16N6O3. The number of benzene rings is 1. The van der Waals surface area contributed by atoms with Crippen LogP contribution >= 0.6 is 0 Å². The van der Waals surface area contributed by atoms with Gasteiger partial charge in [0.1, 0.15) is 5.56 Å². The highest BCUT2D eigenvalue weighted by molar-refractivity contribution is 6.00. The molecule has 0 aliphatic heterocycles. The zero-order chi connectivity index (χ0) is 17.1. The van der Waals surface area contributed by atoms with E-state index in [1.807, 2.05) is 0 Å². The van der Waals surface area contributed by atoms with Crippen molar-refractivity contribution in [2.75, 3.05) is 0 Å². The van der Waals surface area contributed by atoms with Gasteiger partial charge in [-0.2, -0.15) is 5.10 Å². The Hall–Kier alpha value is -3.36. The third-order valence-electron chi connectivity index (χ3n) is 3.12. The molecule has 0 fully saturated rings. The summed E-state index contributed by atoms with van der Waals surface area (Å²) in [5, 5.41) is 17.5. The van der Waals surface area contributed by atoms with E-state index in [0.29, 0.717) is 5.69 Å². The van der Waals surface area contributed by atoms with Crippen LogP contribution in [0.4, 0.5) is 0 Å².